The molecule has 5 nitrogen and oxygen atoms in total. The van der Waals surface area contributed by atoms with E-state index in [0.29, 0.717) is 26.7 Å². The van der Waals surface area contributed by atoms with Gasteiger partial charge in [0.15, 0.2) is 5.11 Å². The fourth-order valence-corrected chi connectivity index (χ4v) is 5.42. The lowest BCUT2D eigenvalue weighted by Gasteiger charge is -2.26. The van der Waals surface area contributed by atoms with Crippen molar-refractivity contribution in [3.8, 4) is 22.8 Å². The number of benzene rings is 3. The van der Waals surface area contributed by atoms with E-state index in [2.05, 4.69) is 26.2 Å². The molecule has 1 aliphatic rings. The van der Waals surface area contributed by atoms with Gasteiger partial charge in [0.05, 0.1) is 17.3 Å². The minimum absolute atomic E-state index is 0.282. The van der Waals surface area contributed by atoms with E-state index in [1.807, 2.05) is 84.6 Å². The van der Waals surface area contributed by atoms with Crippen molar-refractivity contribution in [2.75, 3.05) is 4.90 Å². The highest BCUT2D eigenvalue weighted by Gasteiger charge is 2.42. The summed E-state index contributed by atoms with van der Waals surface area (Å²) < 4.78 is 27.8. The minimum Gasteiger partial charge on any atom is -0.459 e. The lowest BCUT2D eigenvalue weighted by Crippen LogP contribution is -2.29. The van der Waals surface area contributed by atoms with Crippen molar-refractivity contribution >= 4 is 38.9 Å². The van der Waals surface area contributed by atoms with Crippen molar-refractivity contribution in [3.05, 3.63) is 131 Å². The molecule has 1 fully saturated rings. The fourth-order valence-electron chi connectivity index (χ4n) is 4.74. The van der Waals surface area contributed by atoms with Crippen LogP contribution in [-0.4, -0.2) is 10.1 Å². The molecule has 0 aliphatic carbocycles. The second kappa shape index (κ2) is 10.6. The number of pyridine rings is 1. The summed E-state index contributed by atoms with van der Waals surface area (Å²) in [4.78, 5) is 6.59. The Hall–Kier alpha value is -4.01. The Morgan fingerprint density at radius 3 is 2.51 bits per heavy atom. The molecule has 0 saturated carbocycles. The molecule has 3 aromatic carbocycles. The number of nitrogens with zero attached hydrogens (tertiary/aromatic N) is 2. The maximum atomic E-state index is 14.7. The first-order valence-electron chi connectivity index (χ1n) is 12.4. The van der Waals surface area contributed by atoms with Crippen molar-refractivity contribution < 1.29 is 13.5 Å². The molecule has 1 aliphatic heterocycles. The Kier molecular flexibility index (Phi) is 6.89. The normalized spacial score (nSPS) is 16.8. The number of para-hydroxylation sites is 1. The Morgan fingerprint density at radius 1 is 0.974 bits per heavy atom. The molecule has 5 aromatic rings. The molecule has 1 saturated heterocycles. The van der Waals surface area contributed by atoms with Crippen LogP contribution < -0.4 is 15.0 Å². The van der Waals surface area contributed by atoms with Crippen LogP contribution >= 0.6 is 28.1 Å². The van der Waals surface area contributed by atoms with E-state index in [0.717, 1.165) is 28.4 Å². The molecule has 3 heterocycles. The van der Waals surface area contributed by atoms with E-state index < -0.39 is 0 Å². The molecule has 2 atom stereocenters. The Morgan fingerprint density at radius 2 is 1.77 bits per heavy atom. The number of rotatable bonds is 6. The first-order valence-corrected chi connectivity index (χ1v) is 13.6. The van der Waals surface area contributed by atoms with Gasteiger partial charge < -0.3 is 19.4 Å². The number of hydrogen-bond acceptors (Lipinski definition) is 4. The summed E-state index contributed by atoms with van der Waals surface area (Å²) in [5.41, 5.74) is 3.12. The highest BCUT2D eigenvalue weighted by atomic mass is 79.9. The van der Waals surface area contributed by atoms with E-state index in [1.165, 1.54) is 6.07 Å². The van der Waals surface area contributed by atoms with E-state index in [-0.39, 0.29) is 17.9 Å². The van der Waals surface area contributed by atoms with Gasteiger partial charge in [0.1, 0.15) is 34.9 Å². The molecular weight excluding hydrogens is 577 g/mol. The van der Waals surface area contributed by atoms with Crippen LogP contribution in [0.2, 0.25) is 0 Å². The van der Waals surface area contributed by atoms with E-state index in [4.69, 9.17) is 21.4 Å². The molecule has 0 radical (unpaired) electrons. The van der Waals surface area contributed by atoms with Gasteiger partial charge in [-0.3, -0.25) is 4.98 Å². The smallest absolute Gasteiger partial charge is 0.174 e. The van der Waals surface area contributed by atoms with Crippen molar-refractivity contribution in [3.63, 3.8) is 0 Å². The summed E-state index contributed by atoms with van der Waals surface area (Å²) in [6.07, 6.45) is 1.75. The number of nitrogens with one attached hydrogen (secondary N) is 1. The molecule has 6 rings (SSSR count). The van der Waals surface area contributed by atoms with Crippen LogP contribution in [-0.2, 0) is 0 Å². The van der Waals surface area contributed by atoms with Crippen LogP contribution in [0.5, 0.6) is 11.5 Å². The van der Waals surface area contributed by atoms with Crippen LogP contribution in [0.3, 0.4) is 0 Å². The first-order chi connectivity index (χ1) is 19.0. The van der Waals surface area contributed by atoms with Crippen molar-refractivity contribution in [1.29, 1.82) is 0 Å². The minimum atomic E-state index is -0.368. The number of thiocarbonyl (C=S) groups is 1. The number of ether oxygens (including phenoxy) is 1. The van der Waals surface area contributed by atoms with E-state index in [1.54, 1.807) is 24.4 Å². The molecule has 0 spiro atoms. The average Bonchev–Trinajstić information content (AvgIpc) is 3.55. The maximum absolute atomic E-state index is 14.7. The van der Waals surface area contributed by atoms with E-state index >= 15 is 0 Å². The van der Waals surface area contributed by atoms with Gasteiger partial charge in [0, 0.05) is 16.4 Å². The molecular formula is C31H23BrFN3O2S. The molecule has 8 heteroatoms. The van der Waals surface area contributed by atoms with Gasteiger partial charge in [-0.2, -0.15) is 0 Å². The topological polar surface area (TPSA) is 50.5 Å². The van der Waals surface area contributed by atoms with E-state index in [9.17, 15) is 4.39 Å². The lowest BCUT2D eigenvalue weighted by atomic mass is 10.0. The zero-order valence-corrected chi connectivity index (χ0v) is 23.2. The van der Waals surface area contributed by atoms with Gasteiger partial charge in [-0.05, 0) is 97.5 Å². The van der Waals surface area contributed by atoms with Crippen molar-refractivity contribution in [2.45, 2.75) is 19.0 Å². The second-order valence-corrected chi connectivity index (χ2v) is 10.5. The predicted molar refractivity (Wildman–Crippen MR) is 157 cm³/mol. The van der Waals surface area contributed by atoms with Crippen LogP contribution in [0.4, 0.5) is 10.1 Å². The quantitative estimate of drug-likeness (QED) is 0.197. The zero-order valence-electron chi connectivity index (χ0n) is 20.8. The largest absolute Gasteiger partial charge is 0.459 e. The summed E-state index contributed by atoms with van der Waals surface area (Å²) in [5.74, 6) is 2.23. The summed E-state index contributed by atoms with van der Waals surface area (Å²) in [7, 11) is 0. The molecule has 0 unspecified atom stereocenters. The predicted octanol–water partition coefficient (Wildman–Crippen LogP) is 8.52. The molecule has 1 N–H and O–H groups in total. The number of aryl methyl sites for hydroxylation is 1. The van der Waals surface area contributed by atoms with Crippen molar-refractivity contribution in [1.82, 2.24) is 10.3 Å². The average molecular weight is 601 g/mol. The molecule has 194 valence electrons. The van der Waals surface area contributed by atoms with Crippen LogP contribution in [0, 0.1) is 12.7 Å². The molecule has 0 bridgehead atoms. The van der Waals surface area contributed by atoms with Crippen LogP contribution in [0.25, 0.3) is 11.3 Å². The van der Waals surface area contributed by atoms with Gasteiger partial charge in [-0.25, -0.2) is 4.39 Å². The number of halogens is 2. The fraction of sp³-hybridized carbons (Fsp3) is 0.0968. The van der Waals surface area contributed by atoms with Gasteiger partial charge >= 0.3 is 0 Å². The van der Waals surface area contributed by atoms with Crippen LogP contribution in [0.15, 0.2) is 112 Å². The summed E-state index contributed by atoms with van der Waals surface area (Å²) >= 11 is 9.13. The lowest BCUT2D eigenvalue weighted by molar-refractivity contribution is 0.438. The Balaban J connectivity index is 1.36. The van der Waals surface area contributed by atoms with Gasteiger partial charge in [0.25, 0.3) is 0 Å². The maximum Gasteiger partial charge on any atom is 0.174 e. The standard InChI is InChI=1S/C31H23BrFN3O2S/c1-19-6-2-3-8-26(19)37-22-12-10-21(11-13-22)36-30(29(35-31(36)39)25-7-4-5-17-34-25)28-16-15-27(38-28)23-14-9-20(32)18-24(23)33/h2-18,29-30H,1H3,(H,35,39)/t29-,30+/m1/s1. The third-order valence-corrected chi connectivity index (χ3v) is 7.46. The summed E-state index contributed by atoms with van der Waals surface area (Å²) in [6.45, 7) is 2.01. The number of furan rings is 1. The van der Waals surface area contributed by atoms with Crippen LogP contribution in [0.1, 0.15) is 29.1 Å². The molecule has 0 amide bonds. The first kappa shape index (κ1) is 25.3. The highest BCUT2D eigenvalue weighted by molar-refractivity contribution is 9.10. The third kappa shape index (κ3) is 5.05. The summed E-state index contributed by atoms with van der Waals surface area (Å²) in [6, 6.07) is 29.3. The van der Waals surface area contributed by atoms with Gasteiger partial charge in [-0.15, -0.1) is 0 Å². The Labute approximate surface area is 239 Å². The number of hydrogen-bond donors (Lipinski definition) is 1. The SMILES string of the molecule is Cc1ccccc1Oc1ccc(N2C(=S)N[C@H](c3ccccn3)[C@@H]2c2ccc(-c3ccc(Br)cc3F)o2)cc1. The van der Waals surface area contributed by atoms with Gasteiger partial charge in [-0.1, -0.05) is 40.2 Å². The summed E-state index contributed by atoms with van der Waals surface area (Å²) in [5, 5.41) is 3.96. The molecule has 39 heavy (non-hydrogen) atoms. The second-order valence-electron chi connectivity index (χ2n) is 9.18. The number of anilines is 1. The van der Waals surface area contributed by atoms with Gasteiger partial charge in [0.2, 0.25) is 0 Å². The monoisotopic (exact) mass is 599 g/mol. The van der Waals surface area contributed by atoms with Crippen molar-refractivity contribution in [2.24, 2.45) is 0 Å². The number of aromatic nitrogens is 1. The molecule has 2 aromatic heterocycles. The zero-order chi connectivity index (χ0) is 26.9. The highest BCUT2D eigenvalue weighted by Crippen LogP contribution is 2.43. The Bertz CT molecular complexity index is 1640. The third-order valence-electron chi connectivity index (χ3n) is 6.65.